The first-order valence-corrected chi connectivity index (χ1v) is 8.07. The largest absolute Gasteiger partial charge is 0.338 e. The van der Waals surface area contributed by atoms with Gasteiger partial charge in [-0.2, -0.15) is 5.26 Å². The van der Waals surface area contributed by atoms with Gasteiger partial charge in [0, 0.05) is 38.6 Å². The van der Waals surface area contributed by atoms with Gasteiger partial charge in [0.05, 0.1) is 12.6 Å². The fraction of sp³-hybridized carbons (Fsp3) is 0.625. The van der Waals surface area contributed by atoms with Crippen LogP contribution in [-0.4, -0.2) is 59.0 Å². The lowest BCUT2D eigenvalue weighted by molar-refractivity contribution is -0.123. The molecule has 7 heteroatoms. The fourth-order valence-electron chi connectivity index (χ4n) is 2.97. The molecule has 0 spiro atoms. The molecule has 1 aliphatic carbocycles. The third-order valence-electron chi connectivity index (χ3n) is 4.60. The Morgan fingerprint density at radius 2 is 2.00 bits per heavy atom. The highest BCUT2D eigenvalue weighted by atomic mass is 16.2. The normalized spacial score (nSPS) is 21.3. The van der Waals surface area contributed by atoms with Crippen LogP contribution in [0.5, 0.6) is 0 Å². The molecule has 3 rings (SSSR count). The van der Waals surface area contributed by atoms with Crippen molar-refractivity contribution >= 4 is 11.9 Å². The van der Waals surface area contributed by atoms with E-state index >= 15 is 0 Å². The number of carbonyl (C=O) groups excluding carboxylic acids is 1. The molecule has 0 radical (unpaired) electrons. The molecule has 2 aliphatic rings. The van der Waals surface area contributed by atoms with E-state index in [4.69, 9.17) is 0 Å². The summed E-state index contributed by atoms with van der Waals surface area (Å²) in [6, 6.07) is 4.06. The Morgan fingerprint density at radius 1 is 1.35 bits per heavy atom. The van der Waals surface area contributed by atoms with E-state index in [0.29, 0.717) is 12.5 Å². The Morgan fingerprint density at radius 3 is 2.57 bits per heavy atom. The van der Waals surface area contributed by atoms with E-state index in [0.717, 1.165) is 45.0 Å². The van der Waals surface area contributed by atoms with Crippen LogP contribution in [0, 0.1) is 17.2 Å². The average molecular weight is 314 g/mol. The SMILES string of the molecule is CC(C#N)(NC(=O)CN1CCN(c2ncccn2)CC1)C1CC1. The summed E-state index contributed by atoms with van der Waals surface area (Å²) in [6.45, 7) is 5.35. The number of nitriles is 1. The number of rotatable bonds is 5. The van der Waals surface area contributed by atoms with Crippen LogP contribution in [-0.2, 0) is 4.79 Å². The van der Waals surface area contributed by atoms with Crippen LogP contribution in [0.1, 0.15) is 19.8 Å². The lowest BCUT2D eigenvalue weighted by Gasteiger charge is -2.34. The summed E-state index contributed by atoms with van der Waals surface area (Å²) in [4.78, 5) is 25.0. The van der Waals surface area contributed by atoms with Gasteiger partial charge >= 0.3 is 0 Å². The van der Waals surface area contributed by atoms with E-state index in [2.05, 4.69) is 31.2 Å². The number of amides is 1. The van der Waals surface area contributed by atoms with Crippen LogP contribution in [0.4, 0.5) is 5.95 Å². The molecule has 0 aromatic carbocycles. The number of carbonyl (C=O) groups is 1. The molecular formula is C16H22N6O. The third-order valence-corrected chi connectivity index (χ3v) is 4.60. The molecule has 1 saturated carbocycles. The van der Waals surface area contributed by atoms with E-state index in [9.17, 15) is 10.1 Å². The van der Waals surface area contributed by atoms with Crippen LogP contribution in [0.2, 0.25) is 0 Å². The summed E-state index contributed by atoms with van der Waals surface area (Å²) >= 11 is 0. The van der Waals surface area contributed by atoms with Gasteiger partial charge in [-0.15, -0.1) is 0 Å². The van der Waals surface area contributed by atoms with Gasteiger partial charge in [-0.05, 0) is 31.7 Å². The van der Waals surface area contributed by atoms with Crippen molar-refractivity contribution in [3.05, 3.63) is 18.5 Å². The number of piperazine rings is 1. The first kappa shape index (κ1) is 15.7. The minimum Gasteiger partial charge on any atom is -0.338 e. The van der Waals surface area contributed by atoms with Crippen molar-refractivity contribution in [3.63, 3.8) is 0 Å². The van der Waals surface area contributed by atoms with Gasteiger partial charge in [0.1, 0.15) is 5.54 Å². The molecule has 7 nitrogen and oxygen atoms in total. The highest BCUT2D eigenvalue weighted by molar-refractivity contribution is 5.79. The van der Waals surface area contributed by atoms with Gasteiger partial charge in [-0.3, -0.25) is 9.69 Å². The minimum atomic E-state index is -0.712. The van der Waals surface area contributed by atoms with Crippen molar-refractivity contribution in [2.24, 2.45) is 5.92 Å². The van der Waals surface area contributed by atoms with Crippen LogP contribution in [0.15, 0.2) is 18.5 Å². The van der Waals surface area contributed by atoms with Gasteiger partial charge in [0.15, 0.2) is 0 Å². The zero-order chi connectivity index (χ0) is 16.3. The number of anilines is 1. The maximum absolute atomic E-state index is 12.2. The standard InChI is InChI=1S/C16H22N6O/c1-16(12-17,13-3-4-13)20-14(23)11-21-7-9-22(10-8-21)15-18-5-2-6-19-15/h2,5-6,13H,3-4,7-11H2,1H3,(H,20,23). The van der Waals surface area contributed by atoms with Crippen molar-refractivity contribution in [1.29, 1.82) is 5.26 Å². The Kier molecular flexibility index (Phi) is 4.44. The average Bonchev–Trinajstić information content (AvgIpc) is 3.41. The Bertz CT molecular complexity index is 588. The first-order chi connectivity index (χ1) is 11.1. The quantitative estimate of drug-likeness (QED) is 0.847. The number of aromatic nitrogens is 2. The topological polar surface area (TPSA) is 85.2 Å². The Balaban J connectivity index is 1.47. The van der Waals surface area contributed by atoms with Crippen molar-refractivity contribution < 1.29 is 4.79 Å². The number of nitrogens with one attached hydrogen (secondary N) is 1. The van der Waals surface area contributed by atoms with E-state index in [1.165, 1.54) is 0 Å². The van der Waals surface area contributed by atoms with Crippen molar-refractivity contribution in [1.82, 2.24) is 20.2 Å². The predicted molar refractivity (Wildman–Crippen MR) is 85.6 cm³/mol. The number of hydrogen-bond donors (Lipinski definition) is 1. The summed E-state index contributed by atoms with van der Waals surface area (Å²) in [5.41, 5.74) is -0.712. The van der Waals surface area contributed by atoms with Crippen LogP contribution >= 0.6 is 0 Å². The molecule has 1 amide bonds. The van der Waals surface area contributed by atoms with Crippen LogP contribution < -0.4 is 10.2 Å². The van der Waals surface area contributed by atoms with Crippen molar-refractivity contribution in [2.45, 2.75) is 25.3 Å². The molecule has 1 aromatic heterocycles. The zero-order valence-corrected chi connectivity index (χ0v) is 13.4. The number of nitrogens with zero attached hydrogens (tertiary/aromatic N) is 5. The van der Waals surface area contributed by atoms with Gasteiger partial charge in [-0.25, -0.2) is 9.97 Å². The molecule has 1 saturated heterocycles. The third kappa shape index (κ3) is 3.77. The molecule has 122 valence electrons. The summed E-state index contributed by atoms with van der Waals surface area (Å²) in [5, 5.41) is 12.2. The summed E-state index contributed by atoms with van der Waals surface area (Å²) < 4.78 is 0. The molecule has 1 N–H and O–H groups in total. The second-order valence-corrected chi connectivity index (χ2v) is 6.45. The molecule has 1 aromatic rings. The van der Waals surface area contributed by atoms with Crippen molar-refractivity contribution in [3.8, 4) is 6.07 Å². The molecule has 2 heterocycles. The van der Waals surface area contributed by atoms with E-state index in [1.807, 2.05) is 6.92 Å². The second-order valence-electron chi connectivity index (χ2n) is 6.45. The molecule has 1 aliphatic heterocycles. The molecule has 2 fully saturated rings. The van der Waals surface area contributed by atoms with Crippen LogP contribution in [0.3, 0.4) is 0 Å². The smallest absolute Gasteiger partial charge is 0.235 e. The fourth-order valence-corrected chi connectivity index (χ4v) is 2.97. The summed E-state index contributed by atoms with van der Waals surface area (Å²) in [5.74, 6) is 0.983. The molecule has 1 atom stereocenters. The summed E-state index contributed by atoms with van der Waals surface area (Å²) in [7, 11) is 0. The van der Waals surface area contributed by atoms with E-state index in [-0.39, 0.29) is 5.91 Å². The zero-order valence-electron chi connectivity index (χ0n) is 13.4. The Labute approximate surface area is 136 Å². The predicted octanol–water partition coefficient (Wildman–Crippen LogP) is 0.407. The molecule has 0 bridgehead atoms. The van der Waals surface area contributed by atoms with Crippen LogP contribution in [0.25, 0.3) is 0 Å². The van der Waals surface area contributed by atoms with E-state index < -0.39 is 5.54 Å². The van der Waals surface area contributed by atoms with Gasteiger partial charge in [0.25, 0.3) is 0 Å². The Hall–Kier alpha value is -2.20. The van der Waals surface area contributed by atoms with Crippen molar-refractivity contribution in [2.75, 3.05) is 37.6 Å². The molecular weight excluding hydrogens is 292 g/mol. The number of hydrogen-bond acceptors (Lipinski definition) is 6. The minimum absolute atomic E-state index is 0.0645. The van der Waals surface area contributed by atoms with Gasteiger partial charge < -0.3 is 10.2 Å². The highest BCUT2D eigenvalue weighted by Crippen LogP contribution is 2.39. The van der Waals surface area contributed by atoms with Gasteiger partial charge in [-0.1, -0.05) is 0 Å². The monoisotopic (exact) mass is 314 g/mol. The lowest BCUT2D eigenvalue weighted by atomic mass is 9.98. The van der Waals surface area contributed by atoms with Gasteiger partial charge in [0.2, 0.25) is 11.9 Å². The molecule has 1 unspecified atom stereocenters. The maximum atomic E-state index is 12.2. The van der Waals surface area contributed by atoms with E-state index in [1.54, 1.807) is 18.5 Å². The summed E-state index contributed by atoms with van der Waals surface area (Å²) in [6.07, 6.45) is 5.53. The second kappa shape index (κ2) is 6.50. The molecule has 23 heavy (non-hydrogen) atoms. The lowest BCUT2D eigenvalue weighted by Crippen LogP contribution is -2.53. The highest BCUT2D eigenvalue weighted by Gasteiger charge is 2.43. The maximum Gasteiger partial charge on any atom is 0.235 e. The first-order valence-electron chi connectivity index (χ1n) is 8.07.